The normalized spacial score (nSPS) is 11.6. The van der Waals surface area contributed by atoms with Gasteiger partial charge in [0.05, 0.1) is 0 Å². The fourth-order valence-electron chi connectivity index (χ4n) is 3.08. The molecule has 3 aromatic rings. The number of nitrogens with two attached hydrogens (primary N) is 2. The quantitative estimate of drug-likeness (QED) is 0.169. The molecule has 0 bridgehead atoms. The van der Waals surface area contributed by atoms with E-state index in [0.29, 0.717) is 0 Å². The Morgan fingerprint density at radius 3 is 1.75 bits per heavy atom. The lowest BCUT2D eigenvalue weighted by atomic mass is 9.93. The van der Waals surface area contributed by atoms with Gasteiger partial charge in [-0.15, -0.1) is 11.1 Å². The van der Waals surface area contributed by atoms with Crippen LogP contribution in [0, 0.1) is 22.9 Å². The first-order valence-electron chi connectivity index (χ1n) is 9.57. The number of nitrogen functional groups attached to an aromatic ring is 2. The van der Waals surface area contributed by atoms with Gasteiger partial charge < -0.3 is 11.5 Å². The molecule has 0 aliphatic heterocycles. The summed E-state index contributed by atoms with van der Waals surface area (Å²) in [5.41, 5.74) is 23.5. The zero-order valence-corrected chi connectivity index (χ0v) is 19.6. The highest BCUT2D eigenvalue weighted by Crippen LogP contribution is 2.39. The summed E-state index contributed by atoms with van der Waals surface area (Å²) in [6.45, 7) is 13.5. The van der Waals surface area contributed by atoms with E-state index in [0.717, 1.165) is 44.0 Å². The van der Waals surface area contributed by atoms with Crippen molar-refractivity contribution in [2.75, 3.05) is 11.5 Å². The standard InChI is InChI=1S/C24H28N2Si2/c1-27(2,3)15-13-17-11-12-21-22(18(17)14-16-28(4,5)6)24(26)20-10-8-7-9-19(20)23(21)25/h7-12H,25-26H2,1-6H3. The molecule has 0 saturated carbocycles. The molecule has 0 amide bonds. The Hall–Kier alpha value is -2.67. The van der Waals surface area contributed by atoms with Crippen LogP contribution in [0.1, 0.15) is 11.1 Å². The van der Waals surface area contributed by atoms with Crippen molar-refractivity contribution in [1.29, 1.82) is 0 Å². The third-order valence-electron chi connectivity index (χ3n) is 4.41. The van der Waals surface area contributed by atoms with Gasteiger partial charge in [-0.3, -0.25) is 0 Å². The summed E-state index contributed by atoms with van der Waals surface area (Å²) < 4.78 is 0. The summed E-state index contributed by atoms with van der Waals surface area (Å²) >= 11 is 0. The molecule has 0 heterocycles. The number of benzene rings is 3. The fourth-order valence-corrected chi connectivity index (χ4v) is 4.09. The molecule has 4 N–H and O–H groups in total. The van der Waals surface area contributed by atoms with E-state index in [1.54, 1.807) is 0 Å². The van der Waals surface area contributed by atoms with Crippen molar-refractivity contribution in [3.05, 3.63) is 47.5 Å². The smallest absolute Gasteiger partial charge is 0.129 e. The number of hydrogen-bond acceptors (Lipinski definition) is 2. The molecule has 0 aromatic heterocycles. The van der Waals surface area contributed by atoms with Crippen molar-refractivity contribution >= 4 is 49.1 Å². The van der Waals surface area contributed by atoms with Crippen LogP contribution in [0.2, 0.25) is 39.3 Å². The molecule has 0 saturated heterocycles. The second kappa shape index (κ2) is 7.06. The number of anilines is 2. The molecule has 4 heteroatoms. The molecular weight excluding hydrogens is 372 g/mol. The first kappa shape index (κ1) is 20.1. The largest absolute Gasteiger partial charge is 0.398 e. The van der Waals surface area contributed by atoms with Crippen molar-refractivity contribution in [1.82, 2.24) is 0 Å². The highest BCUT2D eigenvalue weighted by molar-refractivity contribution is 6.84. The molecule has 28 heavy (non-hydrogen) atoms. The van der Waals surface area contributed by atoms with Crippen LogP contribution >= 0.6 is 0 Å². The Balaban J connectivity index is 2.48. The Morgan fingerprint density at radius 1 is 0.643 bits per heavy atom. The summed E-state index contributed by atoms with van der Waals surface area (Å²) in [6, 6.07) is 12.1. The lowest BCUT2D eigenvalue weighted by molar-refractivity contribution is 1.65. The van der Waals surface area contributed by atoms with E-state index < -0.39 is 16.1 Å². The van der Waals surface area contributed by atoms with E-state index in [1.807, 2.05) is 36.4 Å². The molecular formula is C24H28N2Si2. The summed E-state index contributed by atoms with van der Waals surface area (Å²) in [7, 11) is -3.08. The van der Waals surface area contributed by atoms with Crippen LogP contribution in [0.5, 0.6) is 0 Å². The molecule has 0 radical (unpaired) electrons. The Morgan fingerprint density at radius 2 is 1.18 bits per heavy atom. The maximum atomic E-state index is 6.66. The van der Waals surface area contributed by atoms with Crippen molar-refractivity contribution < 1.29 is 0 Å². The number of hydrogen-bond donors (Lipinski definition) is 2. The van der Waals surface area contributed by atoms with Crippen molar-refractivity contribution in [2.45, 2.75) is 39.3 Å². The molecule has 142 valence electrons. The van der Waals surface area contributed by atoms with Gasteiger partial charge in [0.1, 0.15) is 16.1 Å². The van der Waals surface area contributed by atoms with Gasteiger partial charge in [0.15, 0.2) is 0 Å². The molecule has 0 spiro atoms. The first-order chi connectivity index (χ1) is 13.0. The van der Waals surface area contributed by atoms with Crippen LogP contribution in [0.15, 0.2) is 36.4 Å². The van der Waals surface area contributed by atoms with Crippen LogP contribution in [0.4, 0.5) is 11.4 Å². The van der Waals surface area contributed by atoms with E-state index >= 15 is 0 Å². The minimum atomic E-state index is -1.57. The topological polar surface area (TPSA) is 52.0 Å². The van der Waals surface area contributed by atoms with Gasteiger partial charge in [0.25, 0.3) is 0 Å². The zero-order valence-electron chi connectivity index (χ0n) is 17.6. The highest BCUT2D eigenvalue weighted by atomic mass is 28.3. The van der Waals surface area contributed by atoms with Gasteiger partial charge in [-0.05, 0) is 6.07 Å². The van der Waals surface area contributed by atoms with Crippen LogP contribution in [-0.2, 0) is 0 Å². The van der Waals surface area contributed by atoms with Gasteiger partial charge in [-0.25, -0.2) is 0 Å². The highest BCUT2D eigenvalue weighted by Gasteiger charge is 2.16. The van der Waals surface area contributed by atoms with Gasteiger partial charge >= 0.3 is 0 Å². The van der Waals surface area contributed by atoms with Crippen molar-refractivity contribution in [3.63, 3.8) is 0 Å². The predicted molar refractivity (Wildman–Crippen MR) is 131 cm³/mol. The SMILES string of the molecule is C[Si](C)(C)C#Cc1ccc2c(N)c3ccccc3c(N)c2c1C#C[Si](C)(C)C. The second-order valence-electron chi connectivity index (χ2n) is 9.28. The van der Waals surface area contributed by atoms with E-state index in [-0.39, 0.29) is 0 Å². The van der Waals surface area contributed by atoms with E-state index in [2.05, 4.69) is 62.2 Å². The molecule has 0 aliphatic rings. The minimum Gasteiger partial charge on any atom is -0.398 e. The van der Waals surface area contributed by atoms with E-state index in [4.69, 9.17) is 11.5 Å². The van der Waals surface area contributed by atoms with Crippen molar-refractivity contribution in [3.8, 4) is 22.9 Å². The van der Waals surface area contributed by atoms with Gasteiger partial charge in [-0.2, -0.15) is 0 Å². The van der Waals surface area contributed by atoms with Crippen LogP contribution in [-0.4, -0.2) is 16.1 Å². The third-order valence-corrected chi connectivity index (χ3v) is 6.16. The summed E-state index contributed by atoms with van der Waals surface area (Å²) in [6.07, 6.45) is 0. The predicted octanol–water partition coefficient (Wildman–Crippen LogP) is 5.62. The minimum absolute atomic E-state index is 0.733. The van der Waals surface area contributed by atoms with Gasteiger partial charge in [0.2, 0.25) is 0 Å². The first-order valence-corrected chi connectivity index (χ1v) is 16.6. The summed E-state index contributed by atoms with van der Waals surface area (Å²) in [5, 5.41) is 3.84. The molecule has 2 nitrogen and oxygen atoms in total. The molecule has 3 aromatic carbocycles. The van der Waals surface area contributed by atoms with Crippen LogP contribution in [0.3, 0.4) is 0 Å². The third kappa shape index (κ3) is 4.09. The molecule has 0 aliphatic carbocycles. The van der Waals surface area contributed by atoms with E-state index in [9.17, 15) is 0 Å². The summed E-state index contributed by atoms with van der Waals surface area (Å²) in [4.78, 5) is 0. The Kier molecular flexibility index (Phi) is 5.06. The maximum absolute atomic E-state index is 6.66. The number of fused-ring (bicyclic) bond motifs is 2. The van der Waals surface area contributed by atoms with Gasteiger partial charge in [0, 0.05) is 44.0 Å². The number of rotatable bonds is 0. The van der Waals surface area contributed by atoms with Gasteiger partial charge in [-0.1, -0.05) is 81.5 Å². The molecule has 0 unspecified atom stereocenters. The maximum Gasteiger partial charge on any atom is 0.129 e. The Labute approximate surface area is 170 Å². The second-order valence-corrected chi connectivity index (χ2v) is 18.8. The lowest BCUT2D eigenvalue weighted by Crippen LogP contribution is -2.17. The van der Waals surface area contributed by atoms with Crippen LogP contribution < -0.4 is 11.5 Å². The van der Waals surface area contributed by atoms with E-state index in [1.165, 1.54) is 0 Å². The molecule has 0 fully saturated rings. The average molecular weight is 401 g/mol. The zero-order chi connectivity index (χ0) is 20.7. The summed E-state index contributed by atoms with van der Waals surface area (Å²) in [5.74, 6) is 6.86. The van der Waals surface area contributed by atoms with Crippen molar-refractivity contribution in [2.24, 2.45) is 0 Å². The molecule has 3 rings (SSSR count). The monoisotopic (exact) mass is 400 g/mol. The Bertz CT molecular complexity index is 1210. The van der Waals surface area contributed by atoms with Crippen LogP contribution in [0.25, 0.3) is 21.5 Å². The molecule has 0 atom stereocenters. The average Bonchev–Trinajstić information content (AvgIpc) is 2.61. The lowest BCUT2D eigenvalue weighted by Gasteiger charge is -2.15. The fraction of sp³-hybridized carbons (Fsp3) is 0.250.